The molecular weight excluding hydrogens is 279 g/mol. The minimum Gasteiger partial charge on any atom is -0.481 e. The third kappa shape index (κ3) is 3.84. The molecule has 0 aliphatic heterocycles. The second-order valence-electron chi connectivity index (χ2n) is 3.54. The smallest absolute Gasteiger partial charge is 0.262 e. The highest BCUT2D eigenvalue weighted by atomic mass is 79.9. The van der Waals surface area contributed by atoms with Gasteiger partial charge in [-0.3, -0.25) is 4.79 Å². The lowest BCUT2D eigenvalue weighted by Gasteiger charge is -2.18. The summed E-state index contributed by atoms with van der Waals surface area (Å²) in [5.41, 5.74) is 0. The zero-order chi connectivity index (χ0) is 11.4. The molecule has 0 aliphatic carbocycles. The lowest BCUT2D eigenvalue weighted by atomic mass is 10.1. The first-order chi connectivity index (χ1) is 7.00. The first-order valence-corrected chi connectivity index (χ1v) is 5.79. The van der Waals surface area contributed by atoms with Crippen LogP contribution < -0.4 is 4.74 Å². The molecular formula is C11H12BrClO2. The van der Waals surface area contributed by atoms with Crippen LogP contribution in [0.5, 0.6) is 5.75 Å². The van der Waals surface area contributed by atoms with Crippen LogP contribution >= 0.6 is 27.5 Å². The van der Waals surface area contributed by atoms with Gasteiger partial charge in [-0.15, -0.1) is 0 Å². The largest absolute Gasteiger partial charge is 0.481 e. The fourth-order valence-corrected chi connectivity index (χ4v) is 1.67. The second kappa shape index (κ2) is 5.52. The maximum Gasteiger partial charge on any atom is 0.262 e. The molecule has 0 bridgehead atoms. The van der Waals surface area contributed by atoms with Crippen molar-refractivity contribution in [3.8, 4) is 5.75 Å². The Hall–Kier alpha value is -0.540. The van der Waals surface area contributed by atoms with Gasteiger partial charge in [0.1, 0.15) is 5.75 Å². The van der Waals surface area contributed by atoms with Crippen LogP contribution in [0.15, 0.2) is 28.7 Å². The summed E-state index contributed by atoms with van der Waals surface area (Å²) in [5.74, 6) is 0.699. The summed E-state index contributed by atoms with van der Waals surface area (Å²) in [5, 5.41) is -0.465. The fraction of sp³-hybridized carbons (Fsp3) is 0.364. The van der Waals surface area contributed by atoms with Gasteiger partial charge in [0.05, 0.1) is 0 Å². The van der Waals surface area contributed by atoms with E-state index in [-0.39, 0.29) is 5.92 Å². The van der Waals surface area contributed by atoms with E-state index in [0.29, 0.717) is 5.75 Å². The molecule has 1 rings (SSSR count). The van der Waals surface area contributed by atoms with Gasteiger partial charge in [0.15, 0.2) is 6.10 Å². The molecule has 0 saturated heterocycles. The summed E-state index contributed by atoms with van der Waals surface area (Å²) in [6.45, 7) is 3.79. The van der Waals surface area contributed by atoms with Gasteiger partial charge in [-0.05, 0) is 41.8 Å². The lowest BCUT2D eigenvalue weighted by molar-refractivity contribution is -0.119. The zero-order valence-corrected chi connectivity index (χ0v) is 10.9. The summed E-state index contributed by atoms with van der Waals surface area (Å²) in [6.07, 6.45) is -0.590. The highest BCUT2D eigenvalue weighted by Crippen LogP contribution is 2.20. The van der Waals surface area contributed by atoms with Crippen LogP contribution in [0.1, 0.15) is 13.8 Å². The van der Waals surface area contributed by atoms with Crippen molar-refractivity contribution in [1.82, 2.24) is 0 Å². The van der Waals surface area contributed by atoms with Crippen molar-refractivity contribution < 1.29 is 9.53 Å². The van der Waals surface area contributed by atoms with Gasteiger partial charge in [0.25, 0.3) is 5.24 Å². The highest BCUT2D eigenvalue weighted by molar-refractivity contribution is 9.10. The molecule has 82 valence electrons. The first-order valence-electron chi connectivity index (χ1n) is 4.62. The average molecular weight is 292 g/mol. The summed E-state index contributed by atoms with van der Waals surface area (Å²) in [4.78, 5) is 11.1. The van der Waals surface area contributed by atoms with E-state index >= 15 is 0 Å². The Morgan fingerprint density at radius 3 is 2.27 bits per heavy atom. The van der Waals surface area contributed by atoms with E-state index in [9.17, 15) is 4.79 Å². The van der Waals surface area contributed by atoms with Crippen molar-refractivity contribution >= 4 is 32.8 Å². The Morgan fingerprint density at radius 2 is 1.87 bits per heavy atom. The number of carbonyl (C=O) groups excluding carboxylic acids is 1. The summed E-state index contributed by atoms with van der Waals surface area (Å²) >= 11 is 8.77. The van der Waals surface area contributed by atoms with Crippen LogP contribution in [0, 0.1) is 5.92 Å². The first kappa shape index (κ1) is 12.5. The standard InChI is InChI=1S/C11H12BrClO2/c1-7(2)10(11(13)14)15-9-5-3-8(12)4-6-9/h3-7,10H,1-2H3/t10-/m0/s1. The fourth-order valence-electron chi connectivity index (χ4n) is 1.10. The molecule has 2 nitrogen and oxygen atoms in total. The second-order valence-corrected chi connectivity index (χ2v) is 4.83. The van der Waals surface area contributed by atoms with Crippen LogP contribution in [0.2, 0.25) is 0 Å². The van der Waals surface area contributed by atoms with E-state index in [1.165, 1.54) is 0 Å². The number of rotatable bonds is 4. The summed E-state index contributed by atoms with van der Waals surface area (Å²) in [7, 11) is 0. The average Bonchev–Trinajstić information content (AvgIpc) is 2.15. The Kier molecular flexibility index (Phi) is 4.61. The Morgan fingerprint density at radius 1 is 1.33 bits per heavy atom. The van der Waals surface area contributed by atoms with Crippen molar-refractivity contribution in [3.05, 3.63) is 28.7 Å². The minimum absolute atomic E-state index is 0.0543. The van der Waals surface area contributed by atoms with Crippen molar-refractivity contribution in [2.24, 2.45) is 5.92 Å². The monoisotopic (exact) mass is 290 g/mol. The van der Waals surface area contributed by atoms with Gasteiger partial charge >= 0.3 is 0 Å². The number of benzene rings is 1. The molecule has 1 atom stereocenters. The third-order valence-electron chi connectivity index (χ3n) is 1.91. The molecule has 4 heteroatoms. The normalized spacial score (nSPS) is 12.6. The van der Waals surface area contributed by atoms with Gasteiger partial charge in [0, 0.05) is 4.47 Å². The molecule has 0 radical (unpaired) electrons. The van der Waals surface area contributed by atoms with E-state index in [1.54, 1.807) is 12.1 Å². The predicted molar refractivity (Wildman–Crippen MR) is 64.3 cm³/mol. The highest BCUT2D eigenvalue weighted by Gasteiger charge is 2.22. The predicted octanol–water partition coefficient (Wildman–Crippen LogP) is 3.62. The van der Waals surface area contributed by atoms with E-state index in [0.717, 1.165) is 4.47 Å². The topological polar surface area (TPSA) is 26.3 Å². The molecule has 0 amide bonds. The van der Waals surface area contributed by atoms with Crippen molar-refractivity contribution in [2.45, 2.75) is 20.0 Å². The van der Waals surface area contributed by atoms with Crippen LogP contribution in [-0.4, -0.2) is 11.3 Å². The van der Waals surface area contributed by atoms with E-state index < -0.39 is 11.3 Å². The van der Waals surface area contributed by atoms with Crippen LogP contribution in [0.4, 0.5) is 0 Å². The maximum absolute atomic E-state index is 11.1. The lowest BCUT2D eigenvalue weighted by Crippen LogP contribution is -2.29. The van der Waals surface area contributed by atoms with Gasteiger partial charge in [-0.1, -0.05) is 29.8 Å². The summed E-state index contributed by atoms with van der Waals surface area (Å²) in [6, 6.07) is 7.29. The van der Waals surface area contributed by atoms with Crippen molar-refractivity contribution in [1.29, 1.82) is 0 Å². The molecule has 1 aromatic carbocycles. The zero-order valence-electron chi connectivity index (χ0n) is 8.54. The third-order valence-corrected chi connectivity index (χ3v) is 2.65. The van der Waals surface area contributed by atoms with Crippen molar-refractivity contribution in [2.75, 3.05) is 0 Å². The van der Waals surface area contributed by atoms with E-state index in [2.05, 4.69) is 15.9 Å². The van der Waals surface area contributed by atoms with Crippen LogP contribution in [-0.2, 0) is 4.79 Å². The van der Waals surface area contributed by atoms with Gasteiger partial charge in [0.2, 0.25) is 0 Å². The number of ether oxygens (including phenoxy) is 1. The maximum atomic E-state index is 11.1. The Bertz CT molecular complexity index is 335. The molecule has 0 spiro atoms. The van der Waals surface area contributed by atoms with Gasteiger partial charge in [-0.25, -0.2) is 0 Å². The molecule has 0 heterocycles. The molecule has 1 aromatic rings. The molecule has 0 unspecified atom stereocenters. The van der Waals surface area contributed by atoms with Gasteiger partial charge < -0.3 is 4.74 Å². The van der Waals surface area contributed by atoms with Gasteiger partial charge in [-0.2, -0.15) is 0 Å². The SMILES string of the molecule is CC(C)[C@H](Oc1ccc(Br)cc1)C(=O)Cl. The van der Waals surface area contributed by atoms with Crippen molar-refractivity contribution in [3.63, 3.8) is 0 Å². The Labute approximate surface area is 103 Å². The molecule has 15 heavy (non-hydrogen) atoms. The van der Waals surface area contributed by atoms with Crippen LogP contribution in [0.25, 0.3) is 0 Å². The Balaban J connectivity index is 2.74. The number of hydrogen-bond donors (Lipinski definition) is 0. The number of carbonyl (C=O) groups is 1. The summed E-state index contributed by atoms with van der Waals surface area (Å²) < 4.78 is 6.46. The molecule has 0 aliphatic rings. The molecule has 0 saturated carbocycles. The number of hydrogen-bond acceptors (Lipinski definition) is 2. The van der Waals surface area contributed by atoms with Crippen LogP contribution in [0.3, 0.4) is 0 Å². The molecule has 0 N–H and O–H groups in total. The molecule has 0 fully saturated rings. The quantitative estimate of drug-likeness (QED) is 0.792. The van der Waals surface area contributed by atoms with E-state index in [1.807, 2.05) is 26.0 Å². The number of halogens is 2. The minimum atomic E-state index is -0.590. The van der Waals surface area contributed by atoms with E-state index in [4.69, 9.17) is 16.3 Å². The molecule has 0 aromatic heterocycles.